The van der Waals surface area contributed by atoms with Crippen molar-refractivity contribution in [3.63, 3.8) is 0 Å². The van der Waals surface area contributed by atoms with Crippen LogP contribution in [0, 0.1) is 5.92 Å². The molecule has 2 unspecified atom stereocenters. The second-order valence-corrected chi connectivity index (χ2v) is 10.5. The molecule has 31 heavy (non-hydrogen) atoms. The fourth-order valence-electron chi connectivity index (χ4n) is 3.80. The Morgan fingerprint density at radius 2 is 1.61 bits per heavy atom. The maximum Gasteiger partial charge on any atom is 0.248 e. The summed E-state index contributed by atoms with van der Waals surface area (Å²) in [4.78, 5) is 12.0. The Morgan fingerprint density at radius 1 is 0.968 bits per heavy atom. The first-order valence-corrected chi connectivity index (χ1v) is 11.1. The van der Waals surface area contributed by atoms with Crippen LogP contribution in [-0.2, 0) is 6.42 Å². The van der Waals surface area contributed by atoms with Crippen molar-refractivity contribution in [2.45, 2.75) is 65.0 Å². The number of amides is 1. The van der Waals surface area contributed by atoms with Gasteiger partial charge in [-0.2, -0.15) is 0 Å². The van der Waals surface area contributed by atoms with Crippen LogP contribution in [0.2, 0.25) is 0 Å². The molecule has 0 aromatic heterocycles. The molecule has 2 aromatic rings. The zero-order valence-electron chi connectivity index (χ0n) is 20.0. The molecule has 2 rings (SSSR count). The lowest BCUT2D eigenvalue weighted by Crippen LogP contribution is -2.42. The van der Waals surface area contributed by atoms with E-state index in [1.54, 1.807) is 0 Å². The minimum Gasteiger partial charge on any atom is -0.380 e. The van der Waals surface area contributed by atoms with Gasteiger partial charge in [0, 0.05) is 28.9 Å². The fraction of sp³-hybridized carbons (Fsp3) is 0.500. The summed E-state index contributed by atoms with van der Waals surface area (Å²) in [5.74, 6) is 0.0457. The van der Waals surface area contributed by atoms with Gasteiger partial charge < -0.3 is 22.1 Å². The van der Waals surface area contributed by atoms with Crippen molar-refractivity contribution in [1.29, 1.82) is 0 Å². The van der Waals surface area contributed by atoms with Gasteiger partial charge in [0.1, 0.15) is 0 Å². The molecule has 0 heterocycles. The smallest absolute Gasteiger partial charge is 0.248 e. The molecule has 0 bridgehead atoms. The molecule has 6 N–H and O–H groups in total. The van der Waals surface area contributed by atoms with Crippen LogP contribution in [0.25, 0.3) is 0 Å². The van der Waals surface area contributed by atoms with E-state index in [0.717, 1.165) is 24.2 Å². The number of nitrogens with one attached hydrogen (secondary N) is 2. The minimum atomic E-state index is -0.417. The zero-order chi connectivity index (χ0) is 23.2. The highest BCUT2D eigenvalue weighted by Gasteiger charge is 2.25. The van der Waals surface area contributed by atoms with Gasteiger partial charge in [0.2, 0.25) is 5.91 Å². The standard InChI is InChI=1S/C26H40N4O/c1-25(2,3)29-17-21(16-27)23(19-10-8-7-9-11-19)14-18-12-20(24(28)31)15-22(13-18)30-26(4,5)6/h7-13,15,21,23,29-30H,14,16-17,27H2,1-6H3,(H2,28,31). The summed E-state index contributed by atoms with van der Waals surface area (Å²) in [6, 6.07) is 16.4. The van der Waals surface area contributed by atoms with Crippen molar-refractivity contribution in [2.75, 3.05) is 18.4 Å². The van der Waals surface area contributed by atoms with E-state index in [1.807, 2.05) is 18.2 Å². The summed E-state index contributed by atoms with van der Waals surface area (Å²) in [5.41, 5.74) is 15.6. The molecule has 5 nitrogen and oxygen atoms in total. The van der Waals surface area contributed by atoms with Crippen LogP contribution in [-0.4, -0.2) is 30.1 Å². The third-order valence-electron chi connectivity index (χ3n) is 5.25. The predicted octanol–water partition coefficient (Wildman–Crippen LogP) is 4.29. The average molecular weight is 425 g/mol. The number of primary amides is 1. The summed E-state index contributed by atoms with van der Waals surface area (Å²) in [6.45, 7) is 14.2. The van der Waals surface area contributed by atoms with E-state index in [9.17, 15) is 4.79 Å². The van der Waals surface area contributed by atoms with Crippen molar-refractivity contribution in [3.05, 3.63) is 65.2 Å². The monoisotopic (exact) mass is 424 g/mol. The quantitative estimate of drug-likeness (QED) is 0.483. The van der Waals surface area contributed by atoms with Crippen LogP contribution in [0.15, 0.2) is 48.5 Å². The molecule has 0 spiro atoms. The van der Waals surface area contributed by atoms with Crippen molar-refractivity contribution >= 4 is 11.6 Å². The number of rotatable bonds is 9. The Bertz CT molecular complexity index is 850. The molecular weight excluding hydrogens is 384 g/mol. The molecule has 0 radical (unpaired) electrons. The maximum atomic E-state index is 12.0. The highest BCUT2D eigenvalue weighted by Crippen LogP contribution is 2.30. The van der Waals surface area contributed by atoms with Crippen molar-refractivity contribution < 1.29 is 4.79 Å². The second kappa shape index (κ2) is 10.3. The van der Waals surface area contributed by atoms with Crippen LogP contribution in [0.4, 0.5) is 5.69 Å². The molecule has 5 heteroatoms. The topological polar surface area (TPSA) is 93.2 Å². The number of anilines is 1. The van der Waals surface area contributed by atoms with Gasteiger partial charge in [-0.3, -0.25) is 4.79 Å². The van der Waals surface area contributed by atoms with Crippen molar-refractivity contribution in [1.82, 2.24) is 5.32 Å². The van der Waals surface area contributed by atoms with Gasteiger partial charge in [0.05, 0.1) is 0 Å². The van der Waals surface area contributed by atoms with Gasteiger partial charge in [0.25, 0.3) is 0 Å². The summed E-state index contributed by atoms with van der Waals surface area (Å²) in [5, 5.41) is 7.09. The number of carbonyl (C=O) groups is 1. The molecule has 0 saturated carbocycles. The second-order valence-electron chi connectivity index (χ2n) is 10.5. The van der Waals surface area contributed by atoms with Gasteiger partial charge in [-0.1, -0.05) is 30.3 Å². The lowest BCUT2D eigenvalue weighted by Gasteiger charge is -2.31. The van der Waals surface area contributed by atoms with Crippen LogP contribution in [0.3, 0.4) is 0 Å². The number of benzene rings is 2. The molecule has 0 saturated heterocycles. The van der Waals surface area contributed by atoms with E-state index < -0.39 is 5.91 Å². The SMILES string of the molecule is CC(C)(C)NCC(CN)C(Cc1cc(NC(C)(C)C)cc(C(N)=O)c1)c1ccccc1. The highest BCUT2D eigenvalue weighted by atomic mass is 16.1. The van der Waals surface area contributed by atoms with Crippen molar-refractivity contribution in [3.8, 4) is 0 Å². The molecule has 0 fully saturated rings. The molecule has 2 aromatic carbocycles. The Labute approximate surface area is 188 Å². The molecule has 0 aliphatic heterocycles. The highest BCUT2D eigenvalue weighted by molar-refractivity contribution is 5.94. The van der Waals surface area contributed by atoms with E-state index in [-0.39, 0.29) is 22.9 Å². The molecule has 0 aliphatic carbocycles. The van der Waals surface area contributed by atoms with E-state index >= 15 is 0 Å². The van der Waals surface area contributed by atoms with Gasteiger partial charge in [-0.15, -0.1) is 0 Å². The average Bonchev–Trinajstić information content (AvgIpc) is 2.65. The summed E-state index contributed by atoms with van der Waals surface area (Å²) < 4.78 is 0. The predicted molar refractivity (Wildman–Crippen MR) is 132 cm³/mol. The van der Waals surface area contributed by atoms with Gasteiger partial charge in [0.15, 0.2) is 0 Å². The Balaban J connectivity index is 2.42. The van der Waals surface area contributed by atoms with Crippen LogP contribution < -0.4 is 22.1 Å². The Morgan fingerprint density at radius 3 is 2.13 bits per heavy atom. The first-order chi connectivity index (χ1) is 14.4. The largest absolute Gasteiger partial charge is 0.380 e. The lowest BCUT2D eigenvalue weighted by atomic mass is 9.80. The fourth-order valence-corrected chi connectivity index (χ4v) is 3.80. The number of carbonyl (C=O) groups excluding carboxylic acids is 1. The van der Waals surface area contributed by atoms with E-state index in [0.29, 0.717) is 12.1 Å². The Kier molecular flexibility index (Phi) is 8.27. The zero-order valence-corrected chi connectivity index (χ0v) is 20.0. The molecule has 0 aliphatic rings. The maximum absolute atomic E-state index is 12.0. The Hall–Kier alpha value is -2.37. The van der Waals surface area contributed by atoms with Gasteiger partial charge in [-0.25, -0.2) is 0 Å². The first kappa shape index (κ1) is 24.9. The first-order valence-electron chi connectivity index (χ1n) is 11.1. The van der Waals surface area contributed by atoms with E-state index in [1.165, 1.54) is 5.56 Å². The number of hydrogen-bond acceptors (Lipinski definition) is 4. The molecule has 170 valence electrons. The van der Waals surface area contributed by atoms with Gasteiger partial charge >= 0.3 is 0 Å². The van der Waals surface area contributed by atoms with Crippen LogP contribution in [0.5, 0.6) is 0 Å². The molecule has 2 atom stereocenters. The summed E-state index contributed by atoms with van der Waals surface area (Å²) in [7, 11) is 0. The van der Waals surface area contributed by atoms with Crippen LogP contribution >= 0.6 is 0 Å². The normalized spacial score (nSPS) is 14.2. The van der Waals surface area contributed by atoms with Crippen molar-refractivity contribution in [2.24, 2.45) is 17.4 Å². The van der Waals surface area contributed by atoms with E-state index in [4.69, 9.17) is 11.5 Å². The summed E-state index contributed by atoms with van der Waals surface area (Å²) in [6.07, 6.45) is 0.775. The third-order valence-corrected chi connectivity index (χ3v) is 5.25. The lowest BCUT2D eigenvalue weighted by molar-refractivity contribution is 0.1000. The van der Waals surface area contributed by atoms with Crippen LogP contribution in [0.1, 0.15) is 68.9 Å². The van der Waals surface area contributed by atoms with E-state index in [2.05, 4.69) is 82.5 Å². The number of nitrogens with two attached hydrogens (primary N) is 2. The molecular formula is C26H40N4O. The number of hydrogen-bond donors (Lipinski definition) is 4. The third kappa shape index (κ3) is 8.35. The molecule has 1 amide bonds. The van der Waals surface area contributed by atoms with Gasteiger partial charge in [-0.05, 0) is 95.7 Å². The summed E-state index contributed by atoms with van der Waals surface area (Å²) >= 11 is 0. The minimum absolute atomic E-state index is 0.0182.